The number of carboxylic acid groups (broad SMARTS) is 1. The van der Waals surface area contributed by atoms with Gasteiger partial charge in [-0.3, -0.25) is 14.5 Å². The number of aliphatic carboxylic acids is 1. The van der Waals surface area contributed by atoms with Crippen molar-refractivity contribution in [3.8, 4) is 0 Å². The van der Waals surface area contributed by atoms with Crippen molar-refractivity contribution in [2.75, 3.05) is 26.8 Å². The predicted molar refractivity (Wildman–Crippen MR) is 64.1 cm³/mol. The van der Waals surface area contributed by atoms with Crippen LogP contribution in [0.1, 0.15) is 19.3 Å². The molecule has 0 aliphatic carbocycles. The predicted octanol–water partition coefficient (Wildman–Crippen LogP) is -0.313. The fraction of sp³-hybridized carbons (Fsp3) is 0.833. The Morgan fingerprint density at radius 3 is 3.00 bits per heavy atom. The van der Waals surface area contributed by atoms with Gasteiger partial charge in [0.25, 0.3) is 0 Å². The summed E-state index contributed by atoms with van der Waals surface area (Å²) in [6, 6.07) is -0.0144. The zero-order valence-corrected chi connectivity index (χ0v) is 10.6. The summed E-state index contributed by atoms with van der Waals surface area (Å²) < 4.78 is 5.28. The Morgan fingerprint density at radius 2 is 2.28 bits per heavy atom. The lowest BCUT2D eigenvalue weighted by Gasteiger charge is -2.33. The zero-order valence-electron chi connectivity index (χ0n) is 10.6. The van der Waals surface area contributed by atoms with E-state index in [0.717, 1.165) is 12.8 Å². The first kappa shape index (κ1) is 13.3. The van der Waals surface area contributed by atoms with Crippen molar-refractivity contribution in [3.63, 3.8) is 0 Å². The van der Waals surface area contributed by atoms with Gasteiger partial charge < -0.3 is 15.2 Å². The molecule has 3 unspecified atom stereocenters. The number of amides is 1. The Labute approximate surface area is 106 Å². The second-order valence-corrected chi connectivity index (χ2v) is 5.07. The summed E-state index contributed by atoms with van der Waals surface area (Å²) in [6.07, 6.45) is 2.30. The van der Waals surface area contributed by atoms with Crippen molar-refractivity contribution in [3.05, 3.63) is 0 Å². The van der Waals surface area contributed by atoms with Gasteiger partial charge in [-0.15, -0.1) is 0 Å². The first-order chi connectivity index (χ1) is 8.59. The van der Waals surface area contributed by atoms with Gasteiger partial charge in [-0.2, -0.15) is 0 Å². The van der Waals surface area contributed by atoms with Crippen LogP contribution < -0.4 is 5.32 Å². The number of carbonyl (C=O) groups is 2. The second-order valence-electron chi connectivity index (χ2n) is 5.07. The molecule has 102 valence electrons. The zero-order chi connectivity index (χ0) is 13.1. The van der Waals surface area contributed by atoms with Crippen molar-refractivity contribution in [1.82, 2.24) is 10.2 Å². The first-order valence-electron chi connectivity index (χ1n) is 6.38. The lowest BCUT2D eigenvalue weighted by molar-refractivity contribution is -0.143. The maximum Gasteiger partial charge on any atom is 0.310 e. The minimum Gasteiger partial charge on any atom is -0.481 e. The number of carboxylic acids is 1. The van der Waals surface area contributed by atoms with Gasteiger partial charge in [-0.25, -0.2) is 0 Å². The maximum absolute atomic E-state index is 11.5. The summed E-state index contributed by atoms with van der Waals surface area (Å²) in [5, 5.41) is 12.0. The number of nitrogens with one attached hydrogen (secondary N) is 1. The number of hydrogen-bond acceptors (Lipinski definition) is 4. The molecule has 2 aliphatic rings. The quantitative estimate of drug-likeness (QED) is 0.724. The van der Waals surface area contributed by atoms with Crippen LogP contribution in [0.5, 0.6) is 0 Å². The van der Waals surface area contributed by atoms with Gasteiger partial charge in [0.15, 0.2) is 0 Å². The molecule has 3 atom stereocenters. The third kappa shape index (κ3) is 2.81. The topological polar surface area (TPSA) is 78.9 Å². The monoisotopic (exact) mass is 256 g/mol. The van der Waals surface area contributed by atoms with E-state index < -0.39 is 11.9 Å². The molecule has 0 saturated carbocycles. The van der Waals surface area contributed by atoms with E-state index in [1.807, 2.05) is 11.9 Å². The third-order valence-electron chi connectivity index (χ3n) is 3.92. The normalized spacial score (nSPS) is 33.2. The molecule has 2 heterocycles. The minimum absolute atomic E-state index is 0.0511. The first-order valence-corrected chi connectivity index (χ1v) is 6.38. The van der Waals surface area contributed by atoms with Crippen LogP contribution in [0.15, 0.2) is 0 Å². The summed E-state index contributed by atoms with van der Waals surface area (Å²) in [5.41, 5.74) is 0. The Bertz CT molecular complexity index is 334. The average Bonchev–Trinajstić information content (AvgIpc) is 2.72. The molecule has 2 aliphatic heterocycles. The van der Waals surface area contributed by atoms with E-state index >= 15 is 0 Å². The Morgan fingerprint density at radius 1 is 1.50 bits per heavy atom. The molecule has 6 heteroatoms. The van der Waals surface area contributed by atoms with Gasteiger partial charge in [0.05, 0.1) is 19.1 Å². The molecule has 2 fully saturated rings. The Balaban J connectivity index is 2.02. The second kappa shape index (κ2) is 5.67. The highest BCUT2D eigenvalue weighted by molar-refractivity contribution is 5.76. The fourth-order valence-electron chi connectivity index (χ4n) is 2.75. The van der Waals surface area contributed by atoms with Gasteiger partial charge in [0, 0.05) is 25.0 Å². The molecule has 0 radical (unpaired) electrons. The van der Waals surface area contributed by atoms with Crippen LogP contribution >= 0.6 is 0 Å². The number of likely N-dealkylation sites (N-methyl/N-ethyl adjacent to an activating group) is 1. The molecule has 0 bridgehead atoms. The smallest absolute Gasteiger partial charge is 0.310 e. The van der Waals surface area contributed by atoms with E-state index in [1.54, 1.807) is 0 Å². The minimum atomic E-state index is -0.817. The third-order valence-corrected chi connectivity index (χ3v) is 3.92. The number of hydrogen-bond donors (Lipinski definition) is 2. The fourth-order valence-corrected chi connectivity index (χ4v) is 2.75. The van der Waals surface area contributed by atoms with E-state index in [4.69, 9.17) is 9.84 Å². The van der Waals surface area contributed by atoms with Crippen LogP contribution in [0.2, 0.25) is 0 Å². The van der Waals surface area contributed by atoms with Crippen LogP contribution in [0.4, 0.5) is 0 Å². The summed E-state index contributed by atoms with van der Waals surface area (Å²) in [4.78, 5) is 24.7. The van der Waals surface area contributed by atoms with Gasteiger partial charge >= 0.3 is 5.97 Å². The van der Waals surface area contributed by atoms with E-state index in [-0.39, 0.29) is 24.6 Å². The average molecular weight is 256 g/mol. The van der Waals surface area contributed by atoms with Crippen molar-refractivity contribution in [2.24, 2.45) is 5.92 Å². The van der Waals surface area contributed by atoms with Gasteiger partial charge in [-0.05, 0) is 19.9 Å². The molecule has 0 aromatic carbocycles. The lowest BCUT2D eigenvalue weighted by Crippen LogP contribution is -2.47. The van der Waals surface area contributed by atoms with Gasteiger partial charge in [0.2, 0.25) is 5.91 Å². The van der Waals surface area contributed by atoms with Crippen molar-refractivity contribution in [1.29, 1.82) is 0 Å². The van der Waals surface area contributed by atoms with E-state index in [0.29, 0.717) is 19.6 Å². The SMILES string of the molecule is CN(C1CCCNC(=O)C1)C1COCC1C(=O)O. The number of carbonyl (C=O) groups excluding carboxylic acids is 1. The molecule has 6 nitrogen and oxygen atoms in total. The van der Waals surface area contributed by atoms with Crippen LogP contribution in [-0.2, 0) is 14.3 Å². The molecule has 0 aromatic rings. The van der Waals surface area contributed by atoms with Crippen molar-refractivity contribution in [2.45, 2.75) is 31.3 Å². The van der Waals surface area contributed by atoms with Crippen molar-refractivity contribution >= 4 is 11.9 Å². The number of nitrogens with zero attached hydrogens (tertiary/aromatic N) is 1. The van der Waals surface area contributed by atoms with Crippen LogP contribution in [-0.4, -0.2) is 60.8 Å². The van der Waals surface area contributed by atoms with E-state index in [1.165, 1.54) is 0 Å². The lowest BCUT2D eigenvalue weighted by atomic mass is 9.98. The molecular weight excluding hydrogens is 236 g/mol. The number of rotatable bonds is 3. The van der Waals surface area contributed by atoms with Crippen LogP contribution in [0.25, 0.3) is 0 Å². The number of ether oxygens (including phenoxy) is 1. The van der Waals surface area contributed by atoms with Crippen molar-refractivity contribution < 1.29 is 19.4 Å². The summed E-state index contributed by atoms with van der Waals surface area (Å²) in [7, 11) is 1.90. The van der Waals surface area contributed by atoms with Gasteiger partial charge in [0.1, 0.15) is 0 Å². The molecule has 0 spiro atoms. The molecule has 18 heavy (non-hydrogen) atoms. The Kier molecular flexibility index (Phi) is 4.19. The van der Waals surface area contributed by atoms with Crippen LogP contribution in [0, 0.1) is 5.92 Å². The maximum atomic E-state index is 11.5. The summed E-state index contributed by atoms with van der Waals surface area (Å²) in [5.74, 6) is -1.25. The highest BCUT2D eigenvalue weighted by Crippen LogP contribution is 2.24. The largest absolute Gasteiger partial charge is 0.481 e. The molecule has 0 aromatic heterocycles. The van der Waals surface area contributed by atoms with Crippen LogP contribution in [0.3, 0.4) is 0 Å². The molecule has 2 saturated heterocycles. The van der Waals surface area contributed by atoms with E-state index in [9.17, 15) is 9.59 Å². The van der Waals surface area contributed by atoms with Gasteiger partial charge in [-0.1, -0.05) is 0 Å². The molecule has 2 N–H and O–H groups in total. The highest BCUT2D eigenvalue weighted by atomic mass is 16.5. The van der Waals surface area contributed by atoms with E-state index in [2.05, 4.69) is 5.32 Å². The Hall–Kier alpha value is -1.14. The summed E-state index contributed by atoms with van der Waals surface area (Å²) in [6.45, 7) is 1.42. The molecular formula is C12H20N2O4. The highest BCUT2D eigenvalue weighted by Gasteiger charge is 2.39. The standard InChI is InChI=1S/C12H20N2O4/c1-14(8-3-2-4-13-11(15)5-8)10-7-18-6-9(10)12(16)17/h8-10H,2-7H2,1H3,(H,13,15)(H,16,17). The summed E-state index contributed by atoms with van der Waals surface area (Å²) >= 11 is 0. The molecule has 1 amide bonds. The molecule has 2 rings (SSSR count).